The number of nitrogens with one attached hydrogen (secondary N) is 1. The van der Waals surface area contributed by atoms with Crippen LogP contribution in [0.5, 0.6) is 11.5 Å². The molecule has 0 saturated heterocycles. The van der Waals surface area contributed by atoms with Crippen molar-refractivity contribution < 1.29 is 14.3 Å². The van der Waals surface area contributed by atoms with Crippen molar-refractivity contribution in [2.45, 2.75) is 6.92 Å². The molecule has 2 aromatic rings. The molecular formula is C19H24N2O3. The van der Waals surface area contributed by atoms with Gasteiger partial charge in [0.2, 0.25) is 5.91 Å². The Morgan fingerprint density at radius 2 is 1.83 bits per heavy atom. The molecule has 0 heterocycles. The van der Waals surface area contributed by atoms with Crippen molar-refractivity contribution in [2.24, 2.45) is 0 Å². The molecule has 2 rings (SSSR count). The summed E-state index contributed by atoms with van der Waals surface area (Å²) in [7, 11) is 3.47. The van der Waals surface area contributed by atoms with Crippen molar-refractivity contribution in [3.63, 3.8) is 0 Å². The van der Waals surface area contributed by atoms with Gasteiger partial charge in [-0.05, 0) is 38.2 Å². The van der Waals surface area contributed by atoms with E-state index in [0.717, 1.165) is 5.75 Å². The summed E-state index contributed by atoms with van der Waals surface area (Å²) < 4.78 is 10.9. The normalized spacial score (nSPS) is 10.5. The van der Waals surface area contributed by atoms with E-state index < -0.39 is 0 Å². The number of likely N-dealkylation sites (N-methyl/N-ethyl adjacent to an activating group) is 1. The topological polar surface area (TPSA) is 50.8 Å². The number of aryl methyl sites for hydroxylation is 1. The van der Waals surface area contributed by atoms with Crippen molar-refractivity contribution in [1.82, 2.24) is 4.90 Å². The van der Waals surface area contributed by atoms with Gasteiger partial charge in [-0.2, -0.15) is 0 Å². The van der Waals surface area contributed by atoms with Gasteiger partial charge in [0.15, 0.2) is 0 Å². The van der Waals surface area contributed by atoms with Crippen LogP contribution < -0.4 is 14.8 Å². The lowest BCUT2D eigenvalue weighted by atomic mass is 10.2. The molecule has 1 amide bonds. The lowest BCUT2D eigenvalue weighted by molar-refractivity contribution is -0.117. The Bertz CT molecular complexity index is 656. The minimum absolute atomic E-state index is 0.0858. The van der Waals surface area contributed by atoms with Gasteiger partial charge in [-0.3, -0.25) is 9.69 Å². The summed E-state index contributed by atoms with van der Waals surface area (Å²) in [5.41, 5.74) is 1.88. The van der Waals surface area contributed by atoms with E-state index >= 15 is 0 Å². The zero-order valence-electron chi connectivity index (χ0n) is 14.4. The van der Waals surface area contributed by atoms with Crippen LogP contribution in [0.1, 0.15) is 5.56 Å². The first-order valence-electron chi connectivity index (χ1n) is 7.89. The fourth-order valence-corrected chi connectivity index (χ4v) is 2.22. The molecular weight excluding hydrogens is 304 g/mol. The van der Waals surface area contributed by atoms with Gasteiger partial charge in [-0.15, -0.1) is 0 Å². The predicted octanol–water partition coefficient (Wildman–Crippen LogP) is 2.95. The number of nitrogens with zero attached hydrogens (tertiary/aromatic N) is 1. The van der Waals surface area contributed by atoms with E-state index in [0.29, 0.717) is 24.6 Å². The molecule has 5 nitrogen and oxygen atoms in total. The first-order valence-corrected chi connectivity index (χ1v) is 7.89. The maximum atomic E-state index is 12.1. The fraction of sp³-hybridized carbons (Fsp3) is 0.316. The van der Waals surface area contributed by atoms with Gasteiger partial charge >= 0.3 is 0 Å². The molecule has 2 aromatic carbocycles. The average molecular weight is 328 g/mol. The van der Waals surface area contributed by atoms with Crippen LogP contribution in [-0.2, 0) is 4.79 Å². The highest BCUT2D eigenvalue weighted by atomic mass is 16.5. The Morgan fingerprint density at radius 1 is 1.12 bits per heavy atom. The van der Waals surface area contributed by atoms with Crippen molar-refractivity contribution >= 4 is 11.6 Å². The molecule has 128 valence electrons. The third-order valence-corrected chi connectivity index (χ3v) is 3.56. The molecule has 5 heteroatoms. The van der Waals surface area contributed by atoms with Gasteiger partial charge in [0, 0.05) is 6.54 Å². The van der Waals surface area contributed by atoms with Crippen molar-refractivity contribution in [3.8, 4) is 11.5 Å². The number of hydrogen-bond donors (Lipinski definition) is 1. The molecule has 0 unspecified atom stereocenters. The van der Waals surface area contributed by atoms with E-state index in [9.17, 15) is 4.79 Å². The zero-order chi connectivity index (χ0) is 17.4. The van der Waals surface area contributed by atoms with Crippen molar-refractivity contribution in [1.29, 1.82) is 0 Å². The number of carbonyl (C=O) groups is 1. The molecule has 0 aromatic heterocycles. The molecule has 0 fully saturated rings. The molecule has 0 atom stereocenters. The van der Waals surface area contributed by atoms with Gasteiger partial charge in [0.05, 0.1) is 19.3 Å². The monoisotopic (exact) mass is 328 g/mol. The highest BCUT2D eigenvalue weighted by Gasteiger charge is 2.09. The van der Waals surface area contributed by atoms with Crippen LogP contribution >= 0.6 is 0 Å². The van der Waals surface area contributed by atoms with Crippen LogP contribution in [0, 0.1) is 6.92 Å². The lowest BCUT2D eigenvalue weighted by Crippen LogP contribution is -2.33. The number of methoxy groups -OCH3 is 1. The highest BCUT2D eigenvalue weighted by Crippen LogP contribution is 2.22. The van der Waals surface area contributed by atoms with E-state index in [4.69, 9.17) is 9.47 Å². The number of anilines is 1. The Balaban J connectivity index is 1.74. The zero-order valence-corrected chi connectivity index (χ0v) is 14.4. The summed E-state index contributed by atoms with van der Waals surface area (Å²) >= 11 is 0. The maximum Gasteiger partial charge on any atom is 0.238 e. The molecule has 1 N–H and O–H groups in total. The molecule has 0 radical (unpaired) electrons. The Morgan fingerprint density at radius 3 is 2.54 bits per heavy atom. The van der Waals surface area contributed by atoms with Crippen molar-refractivity contribution in [3.05, 3.63) is 54.1 Å². The second-order valence-electron chi connectivity index (χ2n) is 5.65. The van der Waals surface area contributed by atoms with Gasteiger partial charge in [0.25, 0.3) is 0 Å². The predicted molar refractivity (Wildman–Crippen MR) is 95.8 cm³/mol. The second-order valence-corrected chi connectivity index (χ2v) is 5.65. The van der Waals surface area contributed by atoms with Gasteiger partial charge < -0.3 is 14.8 Å². The Labute approximate surface area is 143 Å². The molecule has 0 aliphatic rings. The molecule has 0 aliphatic heterocycles. The number of ether oxygens (including phenoxy) is 2. The summed E-state index contributed by atoms with van der Waals surface area (Å²) in [5.74, 6) is 1.40. The van der Waals surface area contributed by atoms with E-state index in [1.165, 1.54) is 5.56 Å². The first kappa shape index (κ1) is 17.8. The number of rotatable bonds is 8. The highest BCUT2D eigenvalue weighted by molar-refractivity contribution is 5.93. The summed E-state index contributed by atoms with van der Waals surface area (Å²) in [6, 6.07) is 15.3. The summed E-state index contributed by atoms with van der Waals surface area (Å²) in [6.45, 7) is 3.52. The third kappa shape index (κ3) is 5.59. The first-order chi connectivity index (χ1) is 11.6. The summed E-state index contributed by atoms with van der Waals surface area (Å²) in [6.07, 6.45) is 0. The number of amides is 1. The van der Waals surface area contributed by atoms with Gasteiger partial charge in [-0.1, -0.05) is 29.8 Å². The molecule has 0 aliphatic carbocycles. The third-order valence-electron chi connectivity index (χ3n) is 3.56. The fourth-order valence-electron chi connectivity index (χ4n) is 2.22. The quantitative estimate of drug-likeness (QED) is 0.809. The van der Waals surface area contributed by atoms with E-state index in [1.54, 1.807) is 7.11 Å². The Kier molecular flexibility index (Phi) is 6.63. The van der Waals surface area contributed by atoms with Crippen LogP contribution in [0.3, 0.4) is 0 Å². The Hall–Kier alpha value is -2.53. The summed E-state index contributed by atoms with van der Waals surface area (Å²) in [4.78, 5) is 14.0. The number of hydrogen-bond acceptors (Lipinski definition) is 4. The number of carbonyl (C=O) groups excluding carboxylic acids is 1. The van der Waals surface area contributed by atoms with Crippen LogP contribution in [-0.4, -0.2) is 44.7 Å². The van der Waals surface area contributed by atoms with Crippen LogP contribution in [0.4, 0.5) is 5.69 Å². The molecule has 0 bridgehead atoms. The van der Waals surface area contributed by atoms with Gasteiger partial charge in [-0.25, -0.2) is 0 Å². The number of para-hydroxylation sites is 2. The van der Waals surface area contributed by atoms with E-state index in [-0.39, 0.29) is 12.5 Å². The van der Waals surface area contributed by atoms with Crippen molar-refractivity contribution in [2.75, 3.05) is 39.2 Å². The van der Waals surface area contributed by atoms with Crippen LogP contribution in [0.2, 0.25) is 0 Å². The smallest absolute Gasteiger partial charge is 0.238 e. The van der Waals surface area contributed by atoms with E-state index in [2.05, 4.69) is 5.32 Å². The van der Waals surface area contributed by atoms with Gasteiger partial charge in [0.1, 0.15) is 18.1 Å². The lowest BCUT2D eigenvalue weighted by Gasteiger charge is -2.17. The second kappa shape index (κ2) is 8.93. The largest absolute Gasteiger partial charge is 0.495 e. The van der Waals surface area contributed by atoms with Crippen LogP contribution in [0.15, 0.2) is 48.5 Å². The minimum atomic E-state index is -0.0858. The number of benzene rings is 2. The molecule has 24 heavy (non-hydrogen) atoms. The maximum absolute atomic E-state index is 12.1. The standard InChI is InChI=1S/C19H24N2O3/c1-15-8-10-16(11-9-15)24-13-12-21(2)14-19(22)20-17-6-4-5-7-18(17)23-3/h4-11H,12-14H2,1-3H3,(H,20,22). The van der Waals surface area contributed by atoms with E-state index in [1.807, 2.05) is 67.4 Å². The average Bonchev–Trinajstić information content (AvgIpc) is 2.57. The summed E-state index contributed by atoms with van der Waals surface area (Å²) in [5, 5.41) is 2.86. The minimum Gasteiger partial charge on any atom is -0.495 e. The SMILES string of the molecule is COc1ccccc1NC(=O)CN(C)CCOc1ccc(C)cc1. The molecule has 0 spiro atoms. The van der Waals surface area contributed by atoms with Crippen LogP contribution in [0.25, 0.3) is 0 Å². The molecule has 0 saturated carbocycles.